The number of hydrogen-bond acceptors (Lipinski definition) is 5. The Morgan fingerprint density at radius 1 is 1.11 bits per heavy atom. The number of nitrogens with one attached hydrogen (secondary N) is 1. The van der Waals surface area contributed by atoms with Crippen LogP contribution < -0.4 is 11.2 Å². The predicted octanol–water partition coefficient (Wildman–Crippen LogP) is 4.00. The molecule has 3 rings (SSSR count). The zero-order chi connectivity index (χ0) is 20.3. The normalized spacial score (nSPS) is 11.4. The van der Waals surface area contributed by atoms with Crippen LogP contribution in [0.1, 0.15) is 31.9 Å². The number of nitrogen functional groups attached to an aromatic ring is 1. The lowest BCUT2D eigenvalue weighted by Gasteiger charge is -2.22. The van der Waals surface area contributed by atoms with E-state index in [9.17, 15) is 4.79 Å². The van der Waals surface area contributed by atoms with Gasteiger partial charge in [0.05, 0.1) is 5.75 Å². The van der Waals surface area contributed by atoms with E-state index in [2.05, 4.69) is 36.3 Å². The molecule has 0 saturated carbocycles. The first-order valence-corrected chi connectivity index (χ1v) is 10.0. The summed E-state index contributed by atoms with van der Waals surface area (Å²) in [5.41, 5.74) is 3.91. The van der Waals surface area contributed by atoms with Crippen molar-refractivity contribution in [3.05, 3.63) is 59.7 Å². The number of nitrogens with two attached hydrogens (primary N) is 1. The second-order valence-corrected chi connectivity index (χ2v) is 8.62. The van der Waals surface area contributed by atoms with E-state index in [1.54, 1.807) is 0 Å². The van der Waals surface area contributed by atoms with Gasteiger partial charge in [0.2, 0.25) is 11.1 Å². The van der Waals surface area contributed by atoms with Gasteiger partial charge in [0, 0.05) is 11.3 Å². The summed E-state index contributed by atoms with van der Waals surface area (Å²) in [6, 6.07) is 15.8. The van der Waals surface area contributed by atoms with Crippen molar-refractivity contribution in [2.24, 2.45) is 0 Å². The molecule has 6 nitrogen and oxygen atoms in total. The predicted molar refractivity (Wildman–Crippen MR) is 115 cm³/mol. The van der Waals surface area contributed by atoms with Gasteiger partial charge >= 0.3 is 0 Å². The van der Waals surface area contributed by atoms with E-state index in [0.29, 0.717) is 11.0 Å². The Balaban J connectivity index is 1.67. The van der Waals surface area contributed by atoms with E-state index in [0.717, 1.165) is 22.4 Å². The topological polar surface area (TPSA) is 85.8 Å². The zero-order valence-corrected chi connectivity index (χ0v) is 17.4. The van der Waals surface area contributed by atoms with Gasteiger partial charge in [0.15, 0.2) is 5.82 Å². The van der Waals surface area contributed by atoms with Crippen LogP contribution in [-0.2, 0) is 10.2 Å². The Morgan fingerprint density at radius 2 is 1.79 bits per heavy atom. The standard InChI is InChI=1S/C21H25N5OS/c1-14-9-11-15(12-10-14)19-24-25-20(26(19)22)28-13-18(27)23-17-8-6-5-7-16(17)21(2,3)4/h5-12H,13,22H2,1-4H3,(H,23,27). The Morgan fingerprint density at radius 3 is 2.46 bits per heavy atom. The lowest BCUT2D eigenvalue weighted by atomic mass is 9.86. The number of thioether (sulfide) groups is 1. The van der Waals surface area contributed by atoms with Gasteiger partial charge in [-0.15, -0.1) is 10.2 Å². The molecule has 2 aromatic carbocycles. The van der Waals surface area contributed by atoms with Crippen molar-refractivity contribution >= 4 is 23.4 Å². The van der Waals surface area contributed by atoms with Crippen LogP contribution in [0.5, 0.6) is 0 Å². The van der Waals surface area contributed by atoms with Crippen molar-refractivity contribution in [2.45, 2.75) is 38.3 Å². The van der Waals surface area contributed by atoms with E-state index in [4.69, 9.17) is 5.84 Å². The molecule has 1 amide bonds. The fraction of sp³-hybridized carbons (Fsp3) is 0.286. The molecule has 0 atom stereocenters. The third kappa shape index (κ3) is 4.54. The number of carbonyl (C=O) groups excluding carboxylic acids is 1. The number of para-hydroxylation sites is 1. The van der Waals surface area contributed by atoms with E-state index >= 15 is 0 Å². The molecule has 0 radical (unpaired) electrons. The molecular formula is C21H25N5OS. The summed E-state index contributed by atoms with van der Waals surface area (Å²) in [7, 11) is 0. The SMILES string of the molecule is Cc1ccc(-c2nnc(SCC(=O)Nc3ccccc3C(C)(C)C)n2N)cc1. The molecule has 0 aliphatic rings. The summed E-state index contributed by atoms with van der Waals surface area (Å²) >= 11 is 1.26. The maximum Gasteiger partial charge on any atom is 0.234 e. The molecule has 0 spiro atoms. The molecule has 0 fully saturated rings. The maximum absolute atomic E-state index is 12.5. The van der Waals surface area contributed by atoms with Gasteiger partial charge in [0.25, 0.3) is 0 Å². The average Bonchev–Trinajstić information content (AvgIpc) is 3.01. The summed E-state index contributed by atoms with van der Waals surface area (Å²) in [5, 5.41) is 11.8. The molecule has 146 valence electrons. The largest absolute Gasteiger partial charge is 0.335 e. The van der Waals surface area contributed by atoms with Gasteiger partial charge in [-0.3, -0.25) is 4.79 Å². The van der Waals surface area contributed by atoms with Crippen LogP contribution in [0.3, 0.4) is 0 Å². The summed E-state index contributed by atoms with van der Waals surface area (Å²) < 4.78 is 1.42. The van der Waals surface area contributed by atoms with Crippen LogP contribution >= 0.6 is 11.8 Å². The monoisotopic (exact) mass is 395 g/mol. The molecule has 0 aliphatic carbocycles. The number of amides is 1. The molecule has 0 bridgehead atoms. The van der Waals surface area contributed by atoms with Crippen LogP contribution in [0, 0.1) is 6.92 Å². The Labute approximate surface area is 169 Å². The van der Waals surface area contributed by atoms with E-state index in [-0.39, 0.29) is 17.1 Å². The van der Waals surface area contributed by atoms with Crippen molar-refractivity contribution in [1.82, 2.24) is 14.9 Å². The number of hydrogen-bond donors (Lipinski definition) is 2. The summed E-state index contributed by atoms with van der Waals surface area (Å²) in [5.74, 6) is 6.79. The Kier molecular flexibility index (Phi) is 5.74. The second-order valence-electron chi connectivity index (χ2n) is 7.67. The van der Waals surface area contributed by atoms with Crippen LogP contribution in [0.2, 0.25) is 0 Å². The molecule has 3 N–H and O–H groups in total. The first-order chi connectivity index (χ1) is 13.3. The number of aromatic nitrogens is 3. The minimum absolute atomic E-state index is 0.0581. The minimum Gasteiger partial charge on any atom is -0.335 e. The number of rotatable bonds is 5. The van der Waals surface area contributed by atoms with Crippen molar-refractivity contribution in [3.8, 4) is 11.4 Å². The fourth-order valence-electron chi connectivity index (χ4n) is 2.84. The average molecular weight is 396 g/mol. The minimum atomic E-state index is -0.110. The number of nitrogens with zero attached hydrogens (tertiary/aromatic N) is 3. The highest BCUT2D eigenvalue weighted by Crippen LogP contribution is 2.29. The number of benzene rings is 2. The fourth-order valence-corrected chi connectivity index (χ4v) is 3.49. The highest BCUT2D eigenvalue weighted by Gasteiger charge is 2.19. The summed E-state index contributed by atoms with van der Waals surface area (Å²) in [6.07, 6.45) is 0. The van der Waals surface area contributed by atoms with Gasteiger partial charge in [-0.05, 0) is 24.0 Å². The molecule has 3 aromatic rings. The first kappa shape index (κ1) is 19.9. The van der Waals surface area contributed by atoms with E-state index < -0.39 is 0 Å². The van der Waals surface area contributed by atoms with Crippen LogP contribution in [0.15, 0.2) is 53.7 Å². The first-order valence-electron chi connectivity index (χ1n) is 9.05. The molecule has 28 heavy (non-hydrogen) atoms. The molecule has 1 aromatic heterocycles. The van der Waals surface area contributed by atoms with Crippen LogP contribution in [0.4, 0.5) is 5.69 Å². The summed E-state index contributed by atoms with van der Waals surface area (Å²) in [4.78, 5) is 12.5. The lowest BCUT2D eigenvalue weighted by Crippen LogP contribution is -2.20. The highest BCUT2D eigenvalue weighted by molar-refractivity contribution is 7.99. The van der Waals surface area contributed by atoms with Gasteiger partial charge in [-0.2, -0.15) is 0 Å². The van der Waals surface area contributed by atoms with Crippen LogP contribution in [0.25, 0.3) is 11.4 Å². The second kappa shape index (κ2) is 8.06. The lowest BCUT2D eigenvalue weighted by molar-refractivity contribution is -0.113. The van der Waals surface area contributed by atoms with Gasteiger partial charge in [0.1, 0.15) is 0 Å². The Hall–Kier alpha value is -2.80. The number of aryl methyl sites for hydroxylation is 1. The smallest absolute Gasteiger partial charge is 0.234 e. The molecule has 0 unspecified atom stereocenters. The highest BCUT2D eigenvalue weighted by atomic mass is 32.2. The number of anilines is 1. The quantitative estimate of drug-likeness (QED) is 0.504. The molecule has 0 saturated heterocycles. The van der Waals surface area contributed by atoms with Crippen molar-refractivity contribution in [3.63, 3.8) is 0 Å². The third-order valence-electron chi connectivity index (χ3n) is 4.32. The number of carbonyl (C=O) groups is 1. The van der Waals surface area contributed by atoms with Crippen molar-refractivity contribution in [1.29, 1.82) is 0 Å². The molecular weight excluding hydrogens is 370 g/mol. The zero-order valence-electron chi connectivity index (χ0n) is 16.6. The van der Waals surface area contributed by atoms with Crippen molar-refractivity contribution in [2.75, 3.05) is 16.9 Å². The molecule has 0 aliphatic heterocycles. The van der Waals surface area contributed by atoms with E-state index in [1.165, 1.54) is 16.4 Å². The van der Waals surface area contributed by atoms with E-state index in [1.807, 2.05) is 55.5 Å². The van der Waals surface area contributed by atoms with Crippen molar-refractivity contribution < 1.29 is 4.79 Å². The Bertz CT molecular complexity index is 973. The molecule has 1 heterocycles. The van der Waals surface area contributed by atoms with Gasteiger partial charge in [-0.25, -0.2) is 4.68 Å². The van der Waals surface area contributed by atoms with Gasteiger partial charge in [-0.1, -0.05) is 80.6 Å². The summed E-state index contributed by atoms with van der Waals surface area (Å²) in [6.45, 7) is 8.39. The maximum atomic E-state index is 12.5. The third-order valence-corrected chi connectivity index (χ3v) is 5.26. The van der Waals surface area contributed by atoms with Crippen LogP contribution in [-0.4, -0.2) is 26.5 Å². The van der Waals surface area contributed by atoms with Gasteiger partial charge < -0.3 is 11.2 Å². The molecule has 7 heteroatoms.